The van der Waals surface area contributed by atoms with Crippen LogP contribution in [0.25, 0.3) is 0 Å². The molecule has 0 aliphatic carbocycles. The predicted octanol–water partition coefficient (Wildman–Crippen LogP) is 25.3. The van der Waals surface area contributed by atoms with Gasteiger partial charge in [0.2, 0.25) is 0 Å². The van der Waals surface area contributed by atoms with Gasteiger partial charge in [-0.2, -0.15) is 0 Å². The van der Waals surface area contributed by atoms with Crippen molar-refractivity contribution < 1.29 is 28.6 Å². The smallest absolute Gasteiger partial charge is 0.306 e. The highest BCUT2D eigenvalue weighted by molar-refractivity contribution is 5.71. The third kappa shape index (κ3) is 68.2. The molecule has 6 heteroatoms. The highest BCUT2D eigenvalue weighted by Gasteiger charge is 2.19. The lowest BCUT2D eigenvalue weighted by Gasteiger charge is -2.18. The van der Waals surface area contributed by atoms with E-state index in [0.29, 0.717) is 19.3 Å². The Balaban J connectivity index is 4.25. The Kier molecular flexibility index (Phi) is 68.6. The quantitative estimate of drug-likeness (QED) is 0.0261. The third-order valence-corrected chi connectivity index (χ3v) is 16.6. The van der Waals surface area contributed by atoms with Gasteiger partial charge in [-0.05, 0) is 57.8 Å². The lowest BCUT2D eigenvalue weighted by Crippen LogP contribution is -2.30. The molecule has 6 nitrogen and oxygen atoms in total. The molecular formula is C76H140O6. The maximum Gasteiger partial charge on any atom is 0.306 e. The van der Waals surface area contributed by atoms with Crippen LogP contribution in [0.4, 0.5) is 0 Å². The van der Waals surface area contributed by atoms with Gasteiger partial charge in [0.25, 0.3) is 0 Å². The molecule has 0 spiro atoms. The van der Waals surface area contributed by atoms with Crippen molar-refractivity contribution in [3.63, 3.8) is 0 Å². The van der Waals surface area contributed by atoms with E-state index in [1.807, 2.05) is 0 Å². The van der Waals surface area contributed by atoms with Crippen molar-refractivity contribution in [2.24, 2.45) is 0 Å². The molecule has 1 unspecified atom stereocenters. The number of hydrogen-bond acceptors (Lipinski definition) is 6. The fourth-order valence-corrected chi connectivity index (χ4v) is 11.1. The number of rotatable bonds is 68. The summed E-state index contributed by atoms with van der Waals surface area (Å²) in [5.74, 6) is -0.857. The zero-order chi connectivity index (χ0) is 59.2. The highest BCUT2D eigenvalue weighted by atomic mass is 16.6. The number of hydrogen-bond donors (Lipinski definition) is 0. The molecule has 0 aromatic carbocycles. The Morgan fingerprint density at radius 2 is 0.476 bits per heavy atom. The van der Waals surface area contributed by atoms with Crippen molar-refractivity contribution in [1.82, 2.24) is 0 Å². The second kappa shape index (κ2) is 70.9. The van der Waals surface area contributed by atoms with E-state index in [2.05, 4.69) is 69.4 Å². The Labute approximate surface area is 511 Å². The maximum absolute atomic E-state index is 13.0. The van der Waals surface area contributed by atoms with Gasteiger partial charge in [-0.15, -0.1) is 0 Å². The largest absolute Gasteiger partial charge is 0.462 e. The molecule has 1 atom stereocenters. The van der Waals surface area contributed by atoms with E-state index in [-0.39, 0.29) is 31.1 Å². The van der Waals surface area contributed by atoms with Gasteiger partial charge in [0.1, 0.15) is 13.2 Å². The lowest BCUT2D eigenvalue weighted by molar-refractivity contribution is -0.167. The Bertz CT molecular complexity index is 1410. The molecule has 0 aliphatic rings. The van der Waals surface area contributed by atoms with E-state index in [0.717, 1.165) is 96.3 Å². The second-order valence-electron chi connectivity index (χ2n) is 24.8. The molecular weight excluding hydrogens is 1010 g/mol. The highest BCUT2D eigenvalue weighted by Crippen LogP contribution is 2.19. The van der Waals surface area contributed by atoms with Gasteiger partial charge in [0.15, 0.2) is 6.10 Å². The van der Waals surface area contributed by atoms with Crippen LogP contribution in [0.2, 0.25) is 0 Å². The molecule has 0 radical (unpaired) electrons. The van der Waals surface area contributed by atoms with E-state index in [1.54, 1.807) is 0 Å². The summed E-state index contributed by atoms with van der Waals surface area (Å²) in [5.41, 5.74) is 0. The first-order valence-corrected chi connectivity index (χ1v) is 36.6. The van der Waals surface area contributed by atoms with Crippen molar-refractivity contribution in [3.8, 4) is 0 Å². The summed E-state index contributed by atoms with van der Waals surface area (Å²) in [4.78, 5) is 38.5. The van der Waals surface area contributed by atoms with Crippen LogP contribution >= 0.6 is 0 Å². The molecule has 480 valence electrons. The van der Waals surface area contributed by atoms with Crippen LogP contribution < -0.4 is 0 Å². The second-order valence-corrected chi connectivity index (χ2v) is 24.8. The summed E-state index contributed by atoms with van der Waals surface area (Å²) in [6, 6.07) is 0. The standard InChI is InChI=1S/C76H140O6/c1-4-7-10-13-16-19-22-25-28-31-33-34-35-36-37-38-39-40-41-43-45-48-51-54-57-60-63-66-69-75(78)81-72-73(71-80-74(77)68-65-62-59-56-53-50-47-44-30-27-24-21-18-15-12-9-6-3)82-76(79)70-67-64-61-58-55-52-49-46-42-32-29-26-23-20-17-14-11-8-5-2/h8,11,17,20,26,29,42,46,73H,4-7,9-10,12-16,18-19,21-25,27-28,30-41,43-45,47-72H2,1-3H3/b11-8-,20-17-,29-26-,46-42-. The molecule has 0 bridgehead atoms. The zero-order valence-corrected chi connectivity index (χ0v) is 55.3. The minimum atomic E-state index is -0.780. The van der Waals surface area contributed by atoms with Gasteiger partial charge >= 0.3 is 17.9 Å². The van der Waals surface area contributed by atoms with Crippen LogP contribution in [-0.2, 0) is 28.6 Å². The predicted molar refractivity (Wildman–Crippen MR) is 358 cm³/mol. The van der Waals surface area contributed by atoms with E-state index >= 15 is 0 Å². The zero-order valence-electron chi connectivity index (χ0n) is 55.3. The van der Waals surface area contributed by atoms with Gasteiger partial charge < -0.3 is 14.2 Å². The summed E-state index contributed by atoms with van der Waals surface area (Å²) >= 11 is 0. The SMILES string of the molecule is CC/C=C\C/C=C\C/C=C\C/C=C\CCCCCCCCC(=O)OC(COC(=O)CCCCCCCCCCCCCCCCCCC)COC(=O)CCCCCCCCCCCCCCCCCCCCCCCCCCCCCC. The van der Waals surface area contributed by atoms with Gasteiger partial charge in [-0.25, -0.2) is 0 Å². The fourth-order valence-electron chi connectivity index (χ4n) is 11.1. The summed E-state index contributed by atoms with van der Waals surface area (Å²) < 4.78 is 17.0. The Morgan fingerprint density at radius 3 is 0.744 bits per heavy atom. The van der Waals surface area contributed by atoms with E-state index in [9.17, 15) is 14.4 Å². The van der Waals surface area contributed by atoms with Gasteiger partial charge in [0, 0.05) is 19.3 Å². The lowest BCUT2D eigenvalue weighted by atomic mass is 10.0. The van der Waals surface area contributed by atoms with E-state index in [4.69, 9.17) is 14.2 Å². The van der Waals surface area contributed by atoms with Crippen LogP contribution in [0.5, 0.6) is 0 Å². The first-order valence-electron chi connectivity index (χ1n) is 36.6. The van der Waals surface area contributed by atoms with E-state index < -0.39 is 6.10 Å². The minimum absolute atomic E-state index is 0.0736. The fraction of sp³-hybridized carbons (Fsp3) is 0.855. The van der Waals surface area contributed by atoms with Crippen LogP contribution in [0, 0.1) is 0 Å². The molecule has 0 fully saturated rings. The molecule has 0 aromatic rings. The average Bonchev–Trinajstić information content (AvgIpc) is 3.47. The molecule has 0 aliphatic heterocycles. The monoisotopic (exact) mass is 1150 g/mol. The average molecular weight is 1150 g/mol. The van der Waals surface area contributed by atoms with Crippen molar-refractivity contribution in [3.05, 3.63) is 48.6 Å². The van der Waals surface area contributed by atoms with Crippen LogP contribution in [0.1, 0.15) is 400 Å². The Morgan fingerprint density at radius 1 is 0.256 bits per heavy atom. The number of esters is 3. The molecule has 0 saturated heterocycles. The molecule has 82 heavy (non-hydrogen) atoms. The van der Waals surface area contributed by atoms with Crippen molar-refractivity contribution in [2.75, 3.05) is 13.2 Å². The number of carbonyl (C=O) groups is 3. The van der Waals surface area contributed by atoms with Crippen LogP contribution in [-0.4, -0.2) is 37.2 Å². The molecule has 0 saturated carbocycles. The summed E-state index contributed by atoms with van der Waals surface area (Å²) in [6.45, 7) is 6.60. The number of ether oxygens (including phenoxy) is 3. The minimum Gasteiger partial charge on any atom is -0.462 e. The summed E-state index contributed by atoms with van der Waals surface area (Å²) in [6.07, 6.45) is 90.1. The van der Waals surface area contributed by atoms with Crippen molar-refractivity contribution >= 4 is 17.9 Å². The molecule has 0 amide bonds. The maximum atomic E-state index is 13.0. The summed E-state index contributed by atoms with van der Waals surface area (Å²) in [5, 5.41) is 0. The third-order valence-electron chi connectivity index (χ3n) is 16.6. The van der Waals surface area contributed by atoms with Gasteiger partial charge in [0.05, 0.1) is 0 Å². The van der Waals surface area contributed by atoms with Crippen molar-refractivity contribution in [1.29, 1.82) is 0 Å². The molecule has 0 N–H and O–H groups in total. The topological polar surface area (TPSA) is 78.9 Å². The normalized spacial score (nSPS) is 12.3. The van der Waals surface area contributed by atoms with Crippen molar-refractivity contribution in [2.45, 2.75) is 406 Å². The summed E-state index contributed by atoms with van der Waals surface area (Å²) in [7, 11) is 0. The molecule has 0 heterocycles. The Hall–Kier alpha value is -2.63. The number of carbonyl (C=O) groups excluding carboxylic acids is 3. The molecule has 0 rings (SSSR count). The number of unbranched alkanes of at least 4 members (excludes halogenated alkanes) is 49. The van der Waals surface area contributed by atoms with Gasteiger partial charge in [-0.1, -0.05) is 371 Å². The number of allylic oxidation sites excluding steroid dienone is 8. The first kappa shape index (κ1) is 79.4. The van der Waals surface area contributed by atoms with Crippen LogP contribution in [0.3, 0.4) is 0 Å². The van der Waals surface area contributed by atoms with E-state index in [1.165, 1.54) is 263 Å². The first-order chi connectivity index (χ1) is 40.5. The molecule has 0 aromatic heterocycles. The van der Waals surface area contributed by atoms with Gasteiger partial charge in [-0.3, -0.25) is 14.4 Å². The van der Waals surface area contributed by atoms with Crippen LogP contribution in [0.15, 0.2) is 48.6 Å².